The minimum absolute atomic E-state index is 0.0976. The molecule has 1 fully saturated rings. The molecule has 0 N–H and O–H groups in total. The first-order valence-corrected chi connectivity index (χ1v) is 7.02. The van der Waals surface area contributed by atoms with Crippen molar-refractivity contribution in [1.29, 1.82) is 0 Å². The highest BCUT2D eigenvalue weighted by Gasteiger charge is 2.18. The zero-order valence-electron chi connectivity index (χ0n) is 11.7. The molecular formula is C16H17FN2O2. The van der Waals surface area contributed by atoms with E-state index in [1.165, 1.54) is 12.1 Å². The van der Waals surface area contributed by atoms with Crippen LogP contribution in [0.4, 0.5) is 4.39 Å². The second kappa shape index (κ2) is 6.10. The number of carbonyl (C=O) groups is 1. The van der Waals surface area contributed by atoms with Crippen molar-refractivity contribution in [1.82, 2.24) is 9.47 Å². The molecule has 0 saturated carbocycles. The van der Waals surface area contributed by atoms with Crippen LogP contribution in [0.15, 0.2) is 42.6 Å². The fraction of sp³-hybridized carbons (Fsp3) is 0.312. The molecule has 0 bridgehead atoms. The van der Waals surface area contributed by atoms with Gasteiger partial charge >= 0.3 is 0 Å². The van der Waals surface area contributed by atoms with Crippen LogP contribution in [-0.4, -0.2) is 41.7 Å². The summed E-state index contributed by atoms with van der Waals surface area (Å²) in [5.41, 5.74) is 1.75. The van der Waals surface area contributed by atoms with Gasteiger partial charge in [0.2, 0.25) is 5.91 Å². The van der Waals surface area contributed by atoms with Crippen molar-refractivity contribution in [3.8, 4) is 5.69 Å². The van der Waals surface area contributed by atoms with Crippen LogP contribution < -0.4 is 0 Å². The molecule has 0 radical (unpaired) electrons. The number of hydrogen-bond donors (Lipinski definition) is 0. The third-order valence-electron chi connectivity index (χ3n) is 3.63. The number of morpholine rings is 1. The second-order valence-corrected chi connectivity index (χ2v) is 5.02. The van der Waals surface area contributed by atoms with E-state index in [2.05, 4.69) is 0 Å². The van der Waals surface area contributed by atoms with Crippen molar-refractivity contribution in [2.75, 3.05) is 26.3 Å². The molecule has 4 nitrogen and oxygen atoms in total. The van der Waals surface area contributed by atoms with E-state index in [1.807, 2.05) is 27.8 Å². The highest BCUT2D eigenvalue weighted by molar-refractivity contribution is 5.78. The SMILES string of the molecule is O=C(Cc1cccn1-c1ccc(F)cc1)N1CCOCC1. The standard InChI is InChI=1S/C16H17FN2O2/c17-13-3-5-14(6-4-13)19-7-1-2-15(19)12-16(20)18-8-10-21-11-9-18/h1-7H,8-12H2. The number of amides is 1. The molecule has 1 aliphatic rings. The zero-order chi connectivity index (χ0) is 14.7. The quantitative estimate of drug-likeness (QED) is 0.866. The van der Waals surface area contributed by atoms with E-state index in [-0.39, 0.29) is 11.7 Å². The summed E-state index contributed by atoms with van der Waals surface area (Å²) in [6, 6.07) is 10.1. The maximum Gasteiger partial charge on any atom is 0.228 e. The lowest BCUT2D eigenvalue weighted by molar-refractivity contribution is -0.134. The van der Waals surface area contributed by atoms with Crippen molar-refractivity contribution in [3.05, 3.63) is 54.1 Å². The van der Waals surface area contributed by atoms with Gasteiger partial charge in [-0.3, -0.25) is 4.79 Å². The number of rotatable bonds is 3. The van der Waals surface area contributed by atoms with Gasteiger partial charge in [0.25, 0.3) is 0 Å². The van der Waals surface area contributed by atoms with Crippen LogP contribution in [0.2, 0.25) is 0 Å². The Balaban J connectivity index is 1.76. The number of benzene rings is 1. The van der Waals surface area contributed by atoms with Gasteiger partial charge in [-0.15, -0.1) is 0 Å². The third kappa shape index (κ3) is 3.13. The average molecular weight is 288 g/mol. The maximum absolute atomic E-state index is 13.0. The largest absolute Gasteiger partial charge is 0.378 e. The van der Waals surface area contributed by atoms with Gasteiger partial charge in [0, 0.05) is 30.7 Å². The molecule has 1 aliphatic heterocycles. The Morgan fingerprint density at radius 2 is 1.86 bits per heavy atom. The molecule has 0 spiro atoms. The highest BCUT2D eigenvalue weighted by Crippen LogP contribution is 2.15. The molecule has 1 aromatic heterocycles. The van der Waals surface area contributed by atoms with Crippen molar-refractivity contribution in [3.63, 3.8) is 0 Å². The van der Waals surface area contributed by atoms with E-state index < -0.39 is 0 Å². The Morgan fingerprint density at radius 1 is 1.14 bits per heavy atom. The van der Waals surface area contributed by atoms with Crippen LogP contribution in [0.5, 0.6) is 0 Å². The molecule has 21 heavy (non-hydrogen) atoms. The van der Waals surface area contributed by atoms with E-state index in [0.717, 1.165) is 11.4 Å². The van der Waals surface area contributed by atoms with Gasteiger partial charge in [0.15, 0.2) is 0 Å². The van der Waals surface area contributed by atoms with Crippen LogP contribution >= 0.6 is 0 Å². The molecular weight excluding hydrogens is 271 g/mol. The molecule has 110 valence electrons. The molecule has 2 heterocycles. The van der Waals surface area contributed by atoms with Crippen LogP contribution in [-0.2, 0) is 16.0 Å². The van der Waals surface area contributed by atoms with E-state index in [4.69, 9.17) is 4.74 Å². The normalized spacial score (nSPS) is 15.2. The minimum Gasteiger partial charge on any atom is -0.378 e. The summed E-state index contributed by atoms with van der Waals surface area (Å²) in [4.78, 5) is 14.1. The fourth-order valence-electron chi connectivity index (χ4n) is 2.49. The first kappa shape index (κ1) is 13.8. The lowest BCUT2D eigenvalue weighted by Crippen LogP contribution is -2.41. The summed E-state index contributed by atoms with van der Waals surface area (Å²) in [7, 11) is 0. The zero-order valence-corrected chi connectivity index (χ0v) is 11.7. The Labute approximate surface area is 122 Å². The summed E-state index contributed by atoms with van der Waals surface area (Å²) in [5.74, 6) is -0.169. The van der Waals surface area contributed by atoms with Crippen LogP contribution in [0, 0.1) is 5.82 Å². The van der Waals surface area contributed by atoms with Gasteiger partial charge in [-0.05, 0) is 36.4 Å². The summed E-state index contributed by atoms with van der Waals surface area (Å²) in [6.45, 7) is 2.50. The predicted octanol–water partition coefficient (Wildman–Crippen LogP) is 2.02. The topological polar surface area (TPSA) is 34.5 Å². The van der Waals surface area contributed by atoms with E-state index >= 15 is 0 Å². The van der Waals surface area contributed by atoms with Gasteiger partial charge in [0.1, 0.15) is 5.82 Å². The smallest absolute Gasteiger partial charge is 0.228 e. The average Bonchev–Trinajstić information content (AvgIpc) is 2.97. The molecule has 0 aliphatic carbocycles. The molecule has 1 amide bonds. The molecule has 3 rings (SSSR count). The number of hydrogen-bond acceptors (Lipinski definition) is 2. The van der Waals surface area contributed by atoms with Crippen molar-refractivity contribution < 1.29 is 13.9 Å². The Kier molecular flexibility index (Phi) is 4.01. The summed E-state index contributed by atoms with van der Waals surface area (Å²) in [5, 5.41) is 0. The third-order valence-corrected chi connectivity index (χ3v) is 3.63. The number of halogens is 1. The first-order chi connectivity index (χ1) is 10.2. The summed E-state index contributed by atoms with van der Waals surface area (Å²) in [6.07, 6.45) is 2.22. The predicted molar refractivity (Wildman–Crippen MR) is 76.8 cm³/mol. The van der Waals surface area contributed by atoms with Crippen molar-refractivity contribution in [2.24, 2.45) is 0 Å². The van der Waals surface area contributed by atoms with Crippen LogP contribution in [0.25, 0.3) is 5.69 Å². The maximum atomic E-state index is 13.0. The number of ether oxygens (including phenoxy) is 1. The Bertz CT molecular complexity index is 615. The van der Waals surface area contributed by atoms with Crippen LogP contribution in [0.1, 0.15) is 5.69 Å². The van der Waals surface area contributed by atoms with Gasteiger partial charge in [-0.25, -0.2) is 4.39 Å². The summed E-state index contributed by atoms with van der Waals surface area (Å²) >= 11 is 0. The number of aromatic nitrogens is 1. The molecule has 0 unspecified atom stereocenters. The van der Waals surface area contributed by atoms with Gasteiger partial charge in [-0.2, -0.15) is 0 Å². The van der Waals surface area contributed by atoms with Gasteiger partial charge in [-0.1, -0.05) is 0 Å². The Morgan fingerprint density at radius 3 is 2.57 bits per heavy atom. The fourth-order valence-corrected chi connectivity index (χ4v) is 2.49. The number of nitrogens with zero attached hydrogens (tertiary/aromatic N) is 2. The van der Waals surface area contributed by atoms with E-state index in [1.54, 1.807) is 12.1 Å². The lowest BCUT2D eigenvalue weighted by atomic mass is 10.2. The van der Waals surface area contributed by atoms with E-state index in [0.29, 0.717) is 32.7 Å². The molecule has 2 aromatic rings. The molecule has 1 aromatic carbocycles. The first-order valence-electron chi connectivity index (χ1n) is 7.02. The summed E-state index contributed by atoms with van der Waals surface area (Å²) < 4.78 is 20.2. The van der Waals surface area contributed by atoms with Gasteiger partial charge in [0.05, 0.1) is 19.6 Å². The second-order valence-electron chi connectivity index (χ2n) is 5.02. The Hall–Kier alpha value is -2.14. The molecule has 5 heteroatoms. The van der Waals surface area contributed by atoms with Crippen molar-refractivity contribution >= 4 is 5.91 Å². The highest BCUT2D eigenvalue weighted by atomic mass is 19.1. The van der Waals surface area contributed by atoms with Gasteiger partial charge < -0.3 is 14.2 Å². The lowest BCUT2D eigenvalue weighted by Gasteiger charge is -2.27. The van der Waals surface area contributed by atoms with E-state index in [9.17, 15) is 9.18 Å². The minimum atomic E-state index is -0.267. The monoisotopic (exact) mass is 288 g/mol. The molecule has 0 atom stereocenters. The van der Waals surface area contributed by atoms with Crippen molar-refractivity contribution in [2.45, 2.75) is 6.42 Å². The van der Waals surface area contributed by atoms with Crippen LogP contribution in [0.3, 0.4) is 0 Å². The number of carbonyl (C=O) groups excluding carboxylic acids is 1. The molecule has 1 saturated heterocycles.